The van der Waals surface area contributed by atoms with Gasteiger partial charge in [-0.2, -0.15) is 5.10 Å². The summed E-state index contributed by atoms with van der Waals surface area (Å²) in [6.45, 7) is 14.4. The van der Waals surface area contributed by atoms with Gasteiger partial charge in [0.05, 0.1) is 11.6 Å². The molecule has 0 saturated heterocycles. The minimum absolute atomic E-state index is 0.0961. The molecule has 1 aromatic carbocycles. The zero-order valence-corrected chi connectivity index (χ0v) is 20.6. The minimum atomic E-state index is -1.93. The predicted molar refractivity (Wildman–Crippen MR) is 127 cm³/mol. The van der Waals surface area contributed by atoms with Gasteiger partial charge in [-0.1, -0.05) is 47.6 Å². The van der Waals surface area contributed by atoms with Gasteiger partial charge in [-0.25, -0.2) is 0 Å². The highest BCUT2D eigenvalue weighted by atomic mass is 28.4. The van der Waals surface area contributed by atoms with Crippen LogP contribution in [-0.2, 0) is 10.8 Å². The molecule has 0 unspecified atom stereocenters. The topological polar surface area (TPSA) is 44.1 Å². The summed E-state index contributed by atoms with van der Waals surface area (Å²) in [5.41, 5.74) is 4.82. The first-order valence-electron chi connectivity index (χ1n) is 11.9. The Labute approximate surface area is 182 Å². The van der Waals surface area contributed by atoms with Gasteiger partial charge in [0.1, 0.15) is 5.69 Å². The highest BCUT2D eigenvalue weighted by Crippen LogP contribution is 2.43. The maximum Gasteiger partial charge on any atom is 0.211 e. The summed E-state index contributed by atoms with van der Waals surface area (Å²) < 4.78 is 8.86. The van der Waals surface area contributed by atoms with Crippen molar-refractivity contribution in [1.82, 2.24) is 9.78 Å². The molecule has 2 aromatic rings. The average molecular weight is 427 g/mol. The average Bonchev–Trinajstić information content (AvgIpc) is 3.58. The van der Waals surface area contributed by atoms with Gasteiger partial charge < -0.3 is 4.43 Å². The highest BCUT2D eigenvalue weighted by molar-refractivity contribution is 6.77. The molecule has 1 heterocycles. The van der Waals surface area contributed by atoms with Crippen LogP contribution in [-0.4, -0.2) is 24.7 Å². The molecule has 2 aliphatic rings. The fourth-order valence-corrected chi connectivity index (χ4v) is 11.0. The van der Waals surface area contributed by atoms with Gasteiger partial charge in [0.2, 0.25) is 5.43 Å². The van der Waals surface area contributed by atoms with E-state index in [0.29, 0.717) is 47.3 Å². The van der Waals surface area contributed by atoms with Crippen molar-refractivity contribution in [3.8, 4) is 0 Å². The molecule has 2 aliphatic carbocycles. The molecule has 5 heteroatoms. The molecule has 0 aliphatic heterocycles. The van der Waals surface area contributed by atoms with E-state index in [0.717, 1.165) is 10.9 Å². The number of fused-ring (bicyclic) bond motifs is 1. The fourth-order valence-electron chi connectivity index (χ4n) is 5.57. The molecule has 0 N–H and O–H groups in total. The molecule has 30 heavy (non-hydrogen) atoms. The number of hydrogen-bond donors (Lipinski definition) is 0. The van der Waals surface area contributed by atoms with E-state index in [1.165, 1.54) is 31.2 Å². The number of rotatable bonds is 9. The second-order valence-corrected chi connectivity index (χ2v) is 15.9. The van der Waals surface area contributed by atoms with E-state index in [1.54, 1.807) is 0 Å². The molecular formula is C25H38N2O2Si. The van der Waals surface area contributed by atoms with Gasteiger partial charge in [-0.05, 0) is 65.9 Å². The molecule has 0 bridgehead atoms. The maximum absolute atomic E-state index is 13.3. The van der Waals surface area contributed by atoms with Gasteiger partial charge in [0.25, 0.3) is 0 Å². The van der Waals surface area contributed by atoms with Crippen molar-refractivity contribution in [2.75, 3.05) is 6.61 Å². The Kier molecular flexibility index (Phi) is 5.97. The molecule has 164 valence electrons. The van der Waals surface area contributed by atoms with E-state index in [1.807, 2.05) is 6.07 Å². The third-order valence-electron chi connectivity index (χ3n) is 7.34. The molecule has 2 fully saturated rings. The van der Waals surface area contributed by atoms with Crippen molar-refractivity contribution >= 4 is 19.2 Å². The fraction of sp³-hybridized carbons (Fsp3) is 0.680. The van der Waals surface area contributed by atoms with Crippen LogP contribution in [0.3, 0.4) is 0 Å². The van der Waals surface area contributed by atoms with Crippen LogP contribution in [0.1, 0.15) is 90.4 Å². The Morgan fingerprint density at radius 3 is 2.20 bits per heavy atom. The SMILES string of the molecule is CC(C)[Si](OCCc1nn(C2CC2)c2cc(C3CC3)ccc2c1=O)(C(C)C)C(C)C. The lowest BCUT2D eigenvalue weighted by Crippen LogP contribution is -2.48. The number of nitrogens with zero attached hydrogens (tertiary/aromatic N) is 2. The standard InChI is InChI=1S/C25H38N2O2Si/c1-16(2)30(17(3)4,18(5)6)29-14-13-23-25(28)22-12-9-20(19-7-8-19)15-24(22)27(26-23)21-10-11-21/h9,12,15-19,21H,7-8,10-11,13-14H2,1-6H3. The summed E-state index contributed by atoms with van der Waals surface area (Å²) in [6, 6.07) is 6.89. The Morgan fingerprint density at radius 2 is 1.67 bits per heavy atom. The third-order valence-corrected chi connectivity index (χ3v) is 13.5. The van der Waals surface area contributed by atoms with E-state index < -0.39 is 8.32 Å². The lowest BCUT2D eigenvalue weighted by molar-refractivity contribution is 0.279. The zero-order valence-electron chi connectivity index (χ0n) is 19.6. The second kappa shape index (κ2) is 8.23. The summed E-state index contributed by atoms with van der Waals surface area (Å²) in [7, 11) is -1.93. The van der Waals surface area contributed by atoms with E-state index in [-0.39, 0.29) is 5.43 Å². The lowest BCUT2D eigenvalue weighted by atomic mass is 10.1. The van der Waals surface area contributed by atoms with Crippen LogP contribution < -0.4 is 5.43 Å². The van der Waals surface area contributed by atoms with Crippen molar-refractivity contribution in [3.63, 3.8) is 0 Å². The van der Waals surface area contributed by atoms with Gasteiger partial charge in [0, 0.05) is 18.4 Å². The zero-order chi connectivity index (χ0) is 21.6. The quantitative estimate of drug-likeness (QED) is 0.439. The van der Waals surface area contributed by atoms with Crippen LogP contribution in [0.25, 0.3) is 10.9 Å². The van der Waals surface area contributed by atoms with Crippen molar-refractivity contribution < 1.29 is 4.43 Å². The number of aromatic nitrogens is 2. The highest BCUT2D eigenvalue weighted by Gasteiger charge is 2.44. The molecule has 0 spiro atoms. The first-order chi connectivity index (χ1) is 14.3. The van der Waals surface area contributed by atoms with Gasteiger partial charge in [-0.3, -0.25) is 9.48 Å². The van der Waals surface area contributed by atoms with Crippen molar-refractivity contribution in [2.45, 2.75) is 102 Å². The smallest absolute Gasteiger partial charge is 0.211 e. The van der Waals surface area contributed by atoms with E-state index >= 15 is 0 Å². The molecule has 4 nitrogen and oxygen atoms in total. The number of benzene rings is 1. The van der Waals surface area contributed by atoms with Crippen LogP contribution >= 0.6 is 0 Å². The Morgan fingerprint density at radius 1 is 1.03 bits per heavy atom. The maximum atomic E-state index is 13.3. The van der Waals surface area contributed by atoms with Crippen LogP contribution in [0.2, 0.25) is 16.6 Å². The van der Waals surface area contributed by atoms with Crippen LogP contribution in [0.15, 0.2) is 23.0 Å². The van der Waals surface area contributed by atoms with Gasteiger partial charge in [0.15, 0.2) is 8.32 Å². The summed E-state index contributed by atoms with van der Waals surface area (Å²) in [5, 5.41) is 5.71. The monoisotopic (exact) mass is 426 g/mol. The van der Waals surface area contributed by atoms with Crippen LogP contribution in [0, 0.1) is 0 Å². The molecule has 2 saturated carbocycles. The summed E-state index contributed by atoms with van der Waals surface area (Å²) >= 11 is 0. The molecular weight excluding hydrogens is 388 g/mol. The molecule has 0 amide bonds. The normalized spacial score (nSPS) is 17.6. The van der Waals surface area contributed by atoms with E-state index in [4.69, 9.17) is 9.52 Å². The lowest BCUT2D eigenvalue weighted by Gasteiger charge is -2.42. The minimum Gasteiger partial charge on any atom is -0.416 e. The second-order valence-electron chi connectivity index (χ2n) is 10.4. The Balaban J connectivity index is 1.62. The molecule has 0 radical (unpaired) electrons. The van der Waals surface area contributed by atoms with Crippen molar-refractivity contribution in [2.24, 2.45) is 0 Å². The predicted octanol–water partition coefficient (Wildman–Crippen LogP) is 6.34. The van der Waals surface area contributed by atoms with Gasteiger partial charge >= 0.3 is 0 Å². The largest absolute Gasteiger partial charge is 0.416 e. The Bertz CT molecular complexity index is 949. The van der Waals surface area contributed by atoms with Crippen molar-refractivity contribution in [1.29, 1.82) is 0 Å². The summed E-state index contributed by atoms with van der Waals surface area (Å²) in [4.78, 5) is 13.3. The first kappa shape index (κ1) is 21.8. The van der Waals surface area contributed by atoms with Crippen molar-refractivity contribution in [3.05, 3.63) is 39.7 Å². The van der Waals surface area contributed by atoms with Gasteiger partial charge in [-0.15, -0.1) is 0 Å². The third kappa shape index (κ3) is 3.91. The number of hydrogen-bond acceptors (Lipinski definition) is 3. The van der Waals surface area contributed by atoms with E-state index in [2.05, 4.69) is 58.4 Å². The summed E-state index contributed by atoms with van der Waals surface area (Å²) in [5.74, 6) is 0.686. The molecule has 0 atom stereocenters. The Hall–Kier alpha value is -1.46. The molecule has 4 rings (SSSR count). The molecule has 1 aromatic heterocycles. The van der Waals surface area contributed by atoms with Crippen LogP contribution in [0.5, 0.6) is 0 Å². The summed E-state index contributed by atoms with van der Waals surface area (Å²) in [6.07, 6.45) is 5.48. The van der Waals surface area contributed by atoms with Crippen LogP contribution in [0.4, 0.5) is 0 Å². The first-order valence-corrected chi connectivity index (χ1v) is 14.1. The van der Waals surface area contributed by atoms with E-state index in [9.17, 15) is 4.79 Å².